The summed E-state index contributed by atoms with van der Waals surface area (Å²) in [5.74, 6) is 1.56. The number of methoxy groups -OCH3 is 1. The van der Waals surface area contributed by atoms with E-state index in [2.05, 4.69) is 12.1 Å². The Morgan fingerprint density at radius 3 is 2.40 bits per heavy atom. The van der Waals surface area contributed by atoms with Gasteiger partial charge in [0.2, 0.25) is 0 Å². The zero-order valence-corrected chi connectivity index (χ0v) is 9.59. The number of ether oxygens (including phenoxy) is 2. The molecule has 0 radical (unpaired) electrons. The zero-order chi connectivity index (χ0) is 10.7. The van der Waals surface area contributed by atoms with Crippen LogP contribution >= 0.6 is 11.6 Å². The fourth-order valence-corrected chi connectivity index (χ4v) is 2.04. The van der Waals surface area contributed by atoms with Crippen molar-refractivity contribution >= 4 is 11.6 Å². The summed E-state index contributed by atoms with van der Waals surface area (Å²) in [6, 6.07) is 8.14. The first-order chi connectivity index (χ1) is 7.28. The molecule has 0 atom stereocenters. The Bertz CT molecular complexity index is 311. The van der Waals surface area contributed by atoms with E-state index < -0.39 is 0 Å². The van der Waals surface area contributed by atoms with Crippen molar-refractivity contribution in [2.45, 2.75) is 6.42 Å². The molecule has 1 aliphatic heterocycles. The van der Waals surface area contributed by atoms with Crippen LogP contribution < -0.4 is 4.74 Å². The van der Waals surface area contributed by atoms with Gasteiger partial charge >= 0.3 is 0 Å². The highest BCUT2D eigenvalue weighted by Gasteiger charge is 2.37. The number of hydrogen-bond acceptors (Lipinski definition) is 2. The lowest BCUT2D eigenvalue weighted by Crippen LogP contribution is -2.45. The summed E-state index contributed by atoms with van der Waals surface area (Å²) in [7, 11) is 1.68. The average Bonchev–Trinajstić information content (AvgIpc) is 2.24. The van der Waals surface area contributed by atoms with Crippen molar-refractivity contribution in [2.75, 3.05) is 26.2 Å². The van der Waals surface area contributed by atoms with Gasteiger partial charge in [-0.1, -0.05) is 12.1 Å². The van der Waals surface area contributed by atoms with Gasteiger partial charge in [-0.05, 0) is 24.1 Å². The quantitative estimate of drug-likeness (QED) is 0.735. The van der Waals surface area contributed by atoms with Gasteiger partial charge in [0, 0.05) is 11.3 Å². The predicted molar refractivity (Wildman–Crippen MR) is 60.7 cm³/mol. The summed E-state index contributed by atoms with van der Waals surface area (Å²) in [4.78, 5) is 0. The van der Waals surface area contributed by atoms with Gasteiger partial charge in [0.15, 0.2) is 0 Å². The van der Waals surface area contributed by atoms with Crippen molar-refractivity contribution in [3.8, 4) is 5.75 Å². The highest BCUT2D eigenvalue weighted by Crippen LogP contribution is 2.33. The third-order valence-electron chi connectivity index (χ3n) is 2.84. The topological polar surface area (TPSA) is 18.5 Å². The first-order valence-corrected chi connectivity index (χ1v) is 5.58. The molecular weight excluding hydrogens is 212 g/mol. The first-order valence-electron chi connectivity index (χ1n) is 5.05. The second-order valence-electron chi connectivity index (χ2n) is 4.15. The van der Waals surface area contributed by atoms with E-state index in [0.29, 0.717) is 5.88 Å². The first kappa shape index (κ1) is 10.8. The van der Waals surface area contributed by atoms with E-state index in [0.717, 1.165) is 25.4 Å². The van der Waals surface area contributed by atoms with E-state index in [1.807, 2.05) is 12.1 Å². The largest absolute Gasteiger partial charge is 0.497 e. The summed E-state index contributed by atoms with van der Waals surface area (Å²) in [5, 5.41) is 0. The van der Waals surface area contributed by atoms with Crippen LogP contribution in [0.4, 0.5) is 0 Å². The molecule has 1 saturated heterocycles. The molecular formula is C12H15ClO2. The van der Waals surface area contributed by atoms with Gasteiger partial charge in [0.1, 0.15) is 5.75 Å². The Labute approximate surface area is 95.1 Å². The van der Waals surface area contributed by atoms with Crippen molar-refractivity contribution in [1.29, 1.82) is 0 Å². The standard InChI is InChI=1S/C12H15ClO2/c1-14-11-4-2-10(3-5-11)6-12(7-13)8-15-9-12/h2-5H,6-9H2,1H3. The number of benzene rings is 1. The predicted octanol–water partition coefficient (Wildman–Crippen LogP) is 2.49. The van der Waals surface area contributed by atoms with Gasteiger partial charge in [-0.3, -0.25) is 0 Å². The number of rotatable bonds is 4. The molecule has 1 aliphatic rings. The minimum atomic E-state index is 0.163. The summed E-state index contributed by atoms with van der Waals surface area (Å²) >= 11 is 5.96. The van der Waals surface area contributed by atoms with Crippen LogP contribution in [0.1, 0.15) is 5.56 Å². The molecule has 1 aromatic carbocycles. The SMILES string of the molecule is COc1ccc(CC2(CCl)COC2)cc1. The molecule has 1 heterocycles. The highest BCUT2D eigenvalue weighted by atomic mass is 35.5. The van der Waals surface area contributed by atoms with Crippen LogP contribution in [-0.2, 0) is 11.2 Å². The second-order valence-corrected chi connectivity index (χ2v) is 4.42. The average molecular weight is 227 g/mol. The Kier molecular flexibility index (Phi) is 3.17. The Hall–Kier alpha value is -0.730. The summed E-state index contributed by atoms with van der Waals surface area (Å²) in [5.41, 5.74) is 1.45. The summed E-state index contributed by atoms with van der Waals surface area (Å²) in [6.45, 7) is 1.56. The van der Waals surface area contributed by atoms with E-state index in [4.69, 9.17) is 21.1 Å². The number of halogens is 1. The molecule has 0 aliphatic carbocycles. The number of hydrogen-bond donors (Lipinski definition) is 0. The molecule has 1 fully saturated rings. The normalized spacial score (nSPS) is 18.3. The van der Waals surface area contributed by atoms with Crippen molar-refractivity contribution < 1.29 is 9.47 Å². The highest BCUT2D eigenvalue weighted by molar-refractivity contribution is 6.18. The third-order valence-corrected chi connectivity index (χ3v) is 3.41. The third kappa shape index (κ3) is 2.27. The molecule has 2 rings (SSSR count). The lowest BCUT2D eigenvalue weighted by molar-refractivity contribution is -0.0980. The second kappa shape index (κ2) is 4.42. The van der Waals surface area contributed by atoms with Gasteiger partial charge in [-0.25, -0.2) is 0 Å². The lowest BCUT2D eigenvalue weighted by atomic mass is 9.82. The molecule has 0 spiro atoms. The molecule has 15 heavy (non-hydrogen) atoms. The molecule has 0 aromatic heterocycles. The van der Waals surface area contributed by atoms with Crippen LogP contribution in [0.3, 0.4) is 0 Å². The molecule has 0 amide bonds. The molecule has 0 bridgehead atoms. The maximum absolute atomic E-state index is 5.96. The molecule has 3 heteroatoms. The van der Waals surface area contributed by atoms with E-state index in [9.17, 15) is 0 Å². The van der Waals surface area contributed by atoms with Crippen LogP contribution in [0.5, 0.6) is 5.75 Å². The van der Waals surface area contributed by atoms with Crippen LogP contribution in [0, 0.1) is 5.41 Å². The fourth-order valence-electron chi connectivity index (χ4n) is 1.79. The smallest absolute Gasteiger partial charge is 0.118 e. The monoisotopic (exact) mass is 226 g/mol. The lowest BCUT2D eigenvalue weighted by Gasteiger charge is -2.40. The van der Waals surface area contributed by atoms with E-state index in [1.54, 1.807) is 7.11 Å². The van der Waals surface area contributed by atoms with Crippen molar-refractivity contribution in [3.05, 3.63) is 29.8 Å². The van der Waals surface area contributed by atoms with Crippen molar-refractivity contribution in [1.82, 2.24) is 0 Å². The molecule has 1 aromatic rings. The van der Waals surface area contributed by atoms with Crippen molar-refractivity contribution in [2.24, 2.45) is 5.41 Å². The molecule has 0 saturated carbocycles. The minimum absolute atomic E-state index is 0.163. The van der Waals surface area contributed by atoms with Gasteiger partial charge in [-0.2, -0.15) is 0 Å². The van der Waals surface area contributed by atoms with Crippen molar-refractivity contribution in [3.63, 3.8) is 0 Å². The molecule has 0 N–H and O–H groups in total. The van der Waals surface area contributed by atoms with Crippen LogP contribution in [0.15, 0.2) is 24.3 Å². The van der Waals surface area contributed by atoms with Gasteiger partial charge in [0.05, 0.1) is 20.3 Å². The summed E-state index contributed by atoms with van der Waals surface area (Å²) in [6.07, 6.45) is 0.987. The maximum atomic E-state index is 5.96. The summed E-state index contributed by atoms with van der Waals surface area (Å²) < 4.78 is 10.4. The van der Waals surface area contributed by atoms with Gasteiger partial charge < -0.3 is 9.47 Å². The van der Waals surface area contributed by atoms with Crippen LogP contribution in [0.25, 0.3) is 0 Å². The van der Waals surface area contributed by atoms with Crippen LogP contribution in [-0.4, -0.2) is 26.2 Å². The fraction of sp³-hybridized carbons (Fsp3) is 0.500. The van der Waals surface area contributed by atoms with Gasteiger partial charge in [-0.15, -0.1) is 11.6 Å². The Morgan fingerprint density at radius 2 is 2.00 bits per heavy atom. The maximum Gasteiger partial charge on any atom is 0.118 e. The molecule has 0 unspecified atom stereocenters. The van der Waals surface area contributed by atoms with E-state index >= 15 is 0 Å². The van der Waals surface area contributed by atoms with Gasteiger partial charge in [0.25, 0.3) is 0 Å². The van der Waals surface area contributed by atoms with Crippen LogP contribution in [0.2, 0.25) is 0 Å². The zero-order valence-electron chi connectivity index (χ0n) is 8.83. The minimum Gasteiger partial charge on any atom is -0.497 e. The number of alkyl halides is 1. The Balaban J connectivity index is 2.03. The molecule has 2 nitrogen and oxygen atoms in total. The van der Waals surface area contributed by atoms with E-state index in [-0.39, 0.29) is 5.41 Å². The Morgan fingerprint density at radius 1 is 1.33 bits per heavy atom. The molecule has 82 valence electrons. The van der Waals surface area contributed by atoms with E-state index in [1.165, 1.54) is 5.56 Å².